The summed E-state index contributed by atoms with van der Waals surface area (Å²) in [6.45, 7) is -7.73. The van der Waals surface area contributed by atoms with Crippen molar-refractivity contribution in [1.82, 2.24) is 9.96 Å². The first-order chi connectivity index (χ1) is 59.7. The van der Waals surface area contributed by atoms with Gasteiger partial charge in [0.15, 0.2) is 50.3 Å². The van der Waals surface area contributed by atoms with Gasteiger partial charge in [-0.25, -0.2) is 0 Å². The largest absolute Gasteiger partial charge is 0.394 e. The van der Waals surface area contributed by atoms with E-state index in [4.69, 9.17) is 99.6 Å². The van der Waals surface area contributed by atoms with E-state index in [2.05, 4.69) is 6.07 Å². The predicted octanol–water partition coefficient (Wildman–Crippen LogP) is -13.0. The summed E-state index contributed by atoms with van der Waals surface area (Å²) >= 11 is 0. The Morgan fingerprint density at radius 3 is 0.782 bits per heavy atom. The lowest BCUT2D eigenvalue weighted by atomic mass is 9.91. The molecule has 4 aromatic rings. The van der Waals surface area contributed by atoms with Crippen molar-refractivity contribution >= 4 is 38.2 Å². The highest BCUT2D eigenvalue weighted by atomic mass is 16.8. The average Bonchev–Trinajstić information content (AvgIpc) is 0.726. The maximum absolute atomic E-state index is 14.5. The molecule has 31 aliphatic rings. The van der Waals surface area contributed by atoms with Crippen LogP contribution in [-0.4, -0.2) is 511 Å². The van der Waals surface area contributed by atoms with Crippen molar-refractivity contribution in [1.29, 1.82) is 0 Å². The monoisotopic (exact) mass is 1780 g/mol. The highest BCUT2D eigenvalue weighted by Crippen LogP contribution is 2.42. The Hall–Kier alpha value is -4.41. The zero-order valence-corrected chi connectivity index (χ0v) is 66.6. The third-order valence-corrected chi connectivity index (χ3v) is 23.9. The van der Waals surface area contributed by atoms with Gasteiger partial charge in [-0.1, -0.05) is 48.5 Å². The predicted molar refractivity (Wildman–Crippen MR) is 401 cm³/mol. The van der Waals surface area contributed by atoms with Gasteiger partial charge in [-0.2, -0.15) is 5.06 Å². The Bertz CT molecular complexity index is 3920. The molecule has 31 fully saturated rings. The molecule has 23 N–H and O–H groups in total. The Morgan fingerprint density at radius 1 is 0.274 bits per heavy atom. The summed E-state index contributed by atoms with van der Waals surface area (Å²) in [7, 11) is 0. The van der Waals surface area contributed by atoms with Gasteiger partial charge in [0.2, 0.25) is 0 Å². The van der Waals surface area contributed by atoms with Crippen LogP contribution in [0.3, 0.4) is 0 Å². The number of benzene rings is 4. The van der Waals surface area contributed by atoms with Gasteiger partial charge in [0, 0.05) is 31.7 Å². The second kappa shape index (κ2) is 42.9. The van der Waals surface area contributed by atoms with Crippen molar-refractivity contribution in [2.75, 3.05) is 132 Å². The number of aliphatic hydroxyl groups is 23. The molecule has 0 spiro atoms. The van der Waals surface area contributed by atoms with Gasteiger partial charge in [0.25, 0.3) is 5.91 Å². The van der Waals surface area contributed by atoms with Gasteiger partial charge in [0.1, 0.15) is 195 Å². The number of rotatable bonds is 11. The summed E-state index contributed by atoms with van der Waals surface area (Å²) in [5, 5.41) is 270. The fraction of sp³-hybridized carbons (Fsp3) is 0.779. The van der Waals surface area contributed by atoms with E-state index in [0.717, 1.165) is 32.3 Å². The molecule has 0 aromatic heterocycles. The number of carbonyl (C=O) groups excluding carboxylic acids is 1. The first-order valence-corrected chi connectivity index (χ1v) is 41.0. The minimum absolute atomic E-state index is 0.0344. The number of ether oxygens (including phenoxy) is 20. The Kier molecular flexibility index (Phi) is 33.1. The number of hydroxylamine groups is 2. The molecule has 31 aliphatic heterocycles. The number of aliphatic hydroxyl groups excluding tert-OH is 23. The van der Waals surface area contributed by atoms with E-state index in [1.807, 2.05) is 48.5 Å². The Balaban J connectivity index is 0.692. The highest BCUT2D eigenvalue weighted by molar-refractivity contribution is 6.26. The van der Waals surface area contributed by atoms with Crippen LogP contribution in [0.25, 0.3) is 32.3 Å². The molecule has 0 radical (unpaired) electrons. The maximum Gasteiger partial charge on any atom is 0.254 e. The second-order valence-electron chi connectivity index (χ2n) is 31.7. The molecular formula is C77H112N2O45. The fourth-order valence-corrected chi connectivity index (χ4v) is 17.0. The Morgan fingerprint density at radius 2 is 0.508 bits per heavy atom. The van der Waals surface area contributed by atoms with E-state index in [1.165, 1.54) is 5.06 Å². The molecule has 700 valence electrons. The van der Waals surface area contributed by atoms with E-state index in [1.54, 1.807) is 4.90 Å². The molecule has 40 atom stereocenters. The topological polar surface area (TPSA) is 683 Å². The fourth-order valence-electron chi connectivity index (χ4n) is 17.0. The van der Waals surface area contributed by atoms with Crippen LogP contribution in [0.4, 0.5) is 0 Å². The molecule has 35 rings (SSSR count). The first-order valence-electron chi connectivity index (χ1n) is 41.0. The van der Waals surface area contributed by atoms with E-state index < -0.39 is 299 Å². The Labute approximate surface area is 705 Å². The van der Waals surface area contributed by atoms with E-state index in [0.29, 0.717) is 5.56 Å². The molecule has 47 nitrogen and oxygen atoms in total. The van der Waals surface area contributed by atoms with Gasteiger partial charge >= 0.3 is 0 Å². The van der Waals surface area contributed by atoms with Crippen molar-refractivity contribution in [2.45, 2.75) is 246 Å². The van der Waals surface area contributed by atoms with Crippen LogP contribution in [0.15, 0.2) is 54.6 Å². The highest BCUT2D eigenvalue weighted by Gasteiger charge is 2.61. The summed E-state index contributed by atoms with van der Waals surface area (Å²) in [6, 6.07) is 17.9. The number of carbonyl (C=O) groups is 1. The minimum Gasteiger partial charge on any atom is -0.394 e. The maximum atomic E-state index is 14.5. The number of nitrogens with zero attached hydrogens (tertiary/aromatic N) is 2. The summed E-state index contributed by atoms with van der Waals surface area (Å²) in [4.78, 5) is 22.5. The van der Waals surface area contributed by atoms with Crippen LogP contribution in [0, 0.1) is 0 Å². The van der Waals surface area contributed by atoms with Crippen molar-refractivity contribution in [3.05, 3.63) is 60.2 Å². The van der Waals surface area contributed by atoms with Gasteiger partial charge in [-0.15, -0.1) is 0 Å². The lowest BCUT2D eigenvalue weighted by molar-refractivity contribution is -0.405. The number of hydrogen-bond acceptors (Lipinski definition) is 46. The third-order valence-electron chi connectivity index (χ3n) is 23.9. The van der Waals surface area contributed by atoms with Gasteiger partial charge in [-0.3, -0.25) is 9.63 Å². The normalized spacial score (nSPS) is 44.9. The summed E-state index contributed by atoms with van der Waals surface area (Å²) < 4.78 is 118. The molecule has 31 heterocycles. The summed E-state index contributed by atoms with van der Waals surface area (Å²) in [5.41, 5.74) is 0.518. The van der Waals surface area contributed by atoms with Crippen molar-refractivity contribution in [2.24, 2.45) is 0 Å². The van der Waals surface area contributed by atoms with Crippen LogP contribution < -0.4 is 0 Å². The van der Waals surface area contributed by atoms with Crippen LogP contribution >= 0.6 is 0 Å². The first kappa shape index (κ1) is 95.7. The molecule has 0 saturated carbocycles. The molecular weight excluding hydrogens is 1670 g/mol. The molecule has 4 aromatic carbocycles. The standard InChI is InChI=1S/C77H112N2O45/c80-22-35-61-45(87)53(95)70(109-35)118-62-36(23-81)111-72(55(97)47(62)89)120-64-38(25-83)113-74(57(99)49(64)91)122-66-40(27-85)115-76(59(101)51(66)93)124-68-42(29-108-79-12-16-106-20-18-104-14-10-78(11-15-105-19-21-107-17-13-79)69(103)34-9-7-32-5-4-30-2-1-3-31-6-8-33(34)44(32)43(30)31)116-77(60(102)52(68)94)123-67-41(28-86)114-75(58(100)50(67)92)121-65-39(26-84)112-73(56(98)48(65)90)119-63-37(24-82)110-71(117-61)54(96)46(63)88/h1-9,35-42,45-68,70-77,80-102H,10-29H2/t35-,36-,37-,38-,39-,40-,41-,42-,45-,46-,47-,48-,49-,50-,51-,52-,53-,54-,55-,56-,57-,58-,59-,60-,61-,62-,63-,64-,65-,66-,67-,68-,70-,71-,72-,73-,74-,75-,76-,77-/m1/s1. The van der Waals surface area contributed by atoms with E-state index >= 15 is 0 Å². The van der Waals surface area contributed by atoms with Crippen LogP contribution in [-0.2, 0) is 99.6 Å². The van der Waals surface area contributed by atoms with Gasteiger partial charge in [-0.05, 0) is 38.4 Å². The van der Waals surface area contributed by atoms with Crippen LogP contribution in [0.5, 0.6) is 0 Å². The van der Waals surface area contributed by atoms with Crippen LogP contribution in [0.2, 0.25) is 0 Å². The number of hydrogen-bond donors (Lipinski definition) is 23. The average molecular weight is 1790 g/mol. The molecule has 1 amide bonds. The lowest BCUT2D eigenvalue weighted by Gasteiger charge is -2.50. The molecule has 16 bridgehead atoms. The molecule has 31 saturated heterocycles. The SMILES string of the molecule is O=C(c1ccc2ccc3cccc4ccc1c2c34)N1CCOCCOCCN(OC[C@H]2O[C@@H]3O[C@H]4[C@H](O)[C@@H](O)[C@@H](O[C@H]5[C@H](O)[C@@H](O)[C@@H](O[C@H]6[C@H](O)[C@@H](O)[C@@H](O[C@H]7[C@H](O)[C@@H](O)[C@@H](O[C@H]8[C@H](O)[C@@H](O)[C@@H](O[C@H]9[C@H](O)[C@@H](O)[C@@H](O[C@H]%10[C@H](O)[C@@H](O)[C@@H](O[C@H]2[C@H](O)[C@H]3O)O[C@@H]%10CO)O[C@@H]9CO)O[C@@H]8CO)O[C@@H]7CO)O[C@@H]6CO)O[C@@H]5CO)O[C@@H]4CO)CCOCCOCC1. The minimum atomic E-state index is -2.32. The zero-order chi connectivity index (χ0) is 88.2. The molecule has 0 unspecified atom stereocenters. The van der Waals surface area contributed by atoms with Gasteiger partial charge < -0.3 is 217 Å². The zero-order valence-electron chi connectivity index (χ0n) is 66.6. The summed E-state index contributed by atoms with van der Waals surface area (Å²) in [6.07, 6.45) is -83.7. The van der Waals surface area contributed by atoms with Crippen molar-refractivity contribution < 1.29 is 222 Å². The quantitative estimate of drug-likeness (QED) is 0.0620. The van der Waals surface area contributed by atoms with Crippen molar-refractivity contribution in [3.63, 3.8) is 0 Å². The van der Waals surface area contributed by atoms with Gasteiger partial charge in [0.05, 0.1) is 106 Å². The van der Waals surface area contributed by atoms with E-state index in [9.17, 15) is 122 Å². The number of amides is 1. The smallest absolute Gasteiger partial charge is 0.254 e. The van der Waals surface area contributed by atoms with Crippen molar-refractivity contribution in [3.8, 4) is 0 Å². The molecule has 124 heavy (non-hydrogen) atoms. The summed E-state index contributed by atoms with van der Waals surface area (Å²) in [5.74, 6) is -0.217. The lowest BCUT2D eigenvalue weighted by Crippen LogP contribution is -2.69. The molecule has 0 aliphatic carbocycles. The molecule has 47 heteroatoms. The van der Waals surface area contributed by atoms with Crippen LogP contribution in [0.1, 0.15) is 10.4 Å². The third kappa shape index (κ3) is 20.2. The van der Waals surface area contributed by atoms with E-state index in [-0.39, 0.29) is 84.9 Å². The second-order valence-corrected chi connectivity index (χ2v) is 31.7.